The zero-order valence-corrected chi connectivity index (χ0v) is 11.0. The van der Waals surface area contributed by atoms with Crippen molar-refractivity contribution in [3.63, 3.8) is 0 Å². The van der Waals surface area contributed by atoms with Crippen LogP contribution in [-0.2, 0) is 0 Å². The predicted octanol–water partition coefficient (Wildman–Crippen LogP) is 2.29. The van der Waals surface area contributed by atoms with Crippen LogP contribution >= 0.6 is 0 Å². The van der Waals surface area contributed by atoms with Gasteiger partial charge in [-0.05, 0) is 24.8 Å². The van der Waals surface area contributed by atoms with Gasteiger partial charge in [-0.1, -0.05) is 18.2 Å². The number of nitro groups is 1. The topological polar surface area (TPSA) is 94.1 Å². The molecule has 1 saturated carbocycles. The minimum absolute atomic E-state index is 0.00769. The molecule has 0 bridgehead atoms. The minimum Gasteiger partial charge on any atom is -0.377 e. The number of hydrogen-bond acceptors (Lipinski definition) is 5. The van der Waals surface area contributed by atoms with Gasteiger partial charge < -0.3 is 11.1 Å². The maximum atomic E-state index is 11.2. The van der Waals surface area contributed by atoms with Crippen molar-refractivity contribution in [1.29, 1.82) is 0 Å². The number of hydrogen-bond donors (Lipinski definition) is 2. The van der Waals surface area contributed by atoms with E-state index in [1.165, 1.54) is 6.20 Å². The second kappa shape index (κ2) is 5.05. The second-order valence-electron chi connectivity index (χ2n) is 5.17. The molecule has 1 atom stereocenters. The smallest absolute Gasteiger partial charge is 0.311 e. The van der Waals surface area contributed by atoms with Gasteiger partial charge in [-0.2, -0.15) is 0 Å². The number of pyridine rings is 1. The molecule has 0 radical (unpaired) electrons. The van der Waals surface area contributed by atoms with E-state index < -0.39 is 4.92 Å². The Morgan fingerprint density at radius 1 is 1.45 bits per heavy atom. The fourth-order valence-electron chi connectivity index (χ4n) is 2.37. The summed E-state index contributed by atoms with van der Waals surface area (Å²) < 4.78 is 0. The van der Waals surface area contributed by atoms with Gasteiger partial charge in [-0.15, -0.1) is 0 Å². The molecule has 1 aromatic heterocycles. The van der Waals surface area contributed by atoms with Crippen LogP contribution in [0.1, 0.15) is 12.8 Å². The van der Waals surface area contributed by atoms with E-state index in [0.29, 0.717) is 18.2 Å². The highest BCUT2D eigenvalue weighted by Crippen LogP contribution is 2.34. The number of rotatable bonds is 5. The molecule has 2 aromatic rings. The molecular formula is C14H16N4O2. The molecule has 1 fully saturated rings. The van der Waals surface area contributed by atoms with Gasteiger partial charge in [0.2, 0.25) is 0 Å². The van der Waals surface area contributed by atoms with Crippen molar-refractivity contribution in [2.75, 3.05) is 11.9 Å². The zero-order valence-electron chi connectivity index (χ0n) is 11.0. The predicted molar refractivity (Wildman–Crippen MR) is 77.6 cm³/mol. The van der Waals surface area contributed by atoms with Crippen molar-refractivity contribution in [3.05, 3.63) is 40.6 Å². The Morgan fingerprint density at radius 2 is 2.20 bits per heavy atom. The largest absolute Gasteiger partial charge is 0.377 e. The number of benzene rings is 1. The first-order chi connectivity index (χ1) is 9.66. The molecule has 104 valence electrons. The third-order valence-electron chi connectivity index (χ3n) is 3.69. The van der Waals surface area contributed by atoms with Crippen LogP contribution in [0.2, 0.25) is 0 Å². The average Bonchev–Trinajstić information content (AvgIpc) is 3.28. The third kappa shape index (κ3) is 2.42. The Kier molecular flexibility index (Phi) is 3.23. The SMILES string of the molecule is NC(CNc1c([N+](=O)[O-])cnc2ccccc12)C1CC1. The van der Waals surface area contributed by atoms with Crippen molar-refractivity contribution in [2.24, 2.45) is 11.7 Å². The summed E-state index contributed by atoms with van der Waals surface area (Å²) in [4.78, 5) is 14.9. The molecule has 6 nitrogen and oxygen atoms in total. The lowest BCUT2D eigenvalue weighted by Crippen LogP contribution is -2.31. The van der Waals surface area contributed by atoms with Crippen LogP contribution in [0.4, 0.5) is 11.4 Å². The van der Waals surface area contributed by atoms with Crippen LogP contribution < -0.4 is 11.1 Å². The van der Waals surface area contributed by atoms with Gasteiger partial charge in [0.05, 0.1) is 10.4 Å². The Balaban J connectivity index is 1.96. The second-order valence-corrected chi connectivity index (χ2v) is 5.17. The first kappa shape index (κ1) is 12.8. The lowest BCUT2D eigenvalue weighted by atomic mass is 10.1. The maximum absolute atomic E-state index is 11.2. The van der Waals surface area contributed by atoms with Gasteiger partial charge in [-0.3, -0.25) is 10.1 Å². The maximum Gasteiger partial charge on any atom is 0.311 e. The van der Waals surface area contributed by atoms with Crippen molar-refractivity contribution in [1.82, 2.24) is 4.98 Å². The fraction of sp³-hybridized carbons (Fsp3) is 0.357. The molecule has 1 aliphatic carbocycles. The van der Waals surface area contributed by atoms with Crippen molar-refractivity contribution < 1.29 is 4.92 Å². The molecule has 1 aliphatic rings. The highest BCUT2D eigenvalue weighted by atomic mass is 16.6. The monoisotopic (exact) mass is 272 g/mol. The van der Waals surface area contributed by atoms with Crippen LogP contribution in [0.15, 0.2) is 30.5 Å². The molecule has 1 aromatic carbocycles. The van der Waals surface area contributed by atoms with E-state index in [-0.39, 0.29) is 11.7 Å². The lowest BCUT2D eigenvalue weighted by molar-refractivity contribution is -0.384. The normalized spacial score (nSPS) is 16.1. The van der Waals surface area contributed by atoms with Gasteiger partial charge in [0.1, 0.15) is 11.9 Å². The molecule has 1 heterocycles. The molecule has 6 heteroatoms. The molecule has 0 aliphatic heterocycles. The molecule has 0 spiro atoms. The van der Waals surface area contributed by atoms with Crippen molar-refractivity contribution in [3.8, 4) is 0 Å². The van der Waals surface area contributed by atoms with Crippen LogP contribution in [-0.4, -0.2) is 22.5 Å². The van der Waals surface area contributed by atoms with E-state index in [0.717, 1.165) is 23.7 Å². The van der Waals surface area contributed by atoms with Crippen LogP contribution in [0.5, 0.6) is 0 Å². The van der Waals surface area contributed by atoms with E-state index in [1.807, 2.05) is 24.3 Å². The van der Waals surface area contributed by atoms with Crippen LogP contribution in [0.25, 0.3) is 10.9 Å². The third-order valence-corrected chi connectivity index (χ3v) is 3.69. The number of aromatic nitrogens is 1. The number of fused-ring (bicyclic) bond motifs is 1. The van der Waals surface area contributed by atoms with Crippen molar-refractivity contribution >= 4 is 22.3 Å². The number of nitrogens with one attached hydrogen (secondary N) is 1. The molecule has 0 saturated heterocycles. The quantitative estimate of drug-likeness (QED) is 0.643. The lowest BCUT2D eigenvalue weighted by Gasteiger charge is -2.14. The minimum atomic E-state index is -0.412. The molecular weight excluding hydrogens is 256 g/mol. The summed E-state index contributed by atoms with van der Waals surface area (Å²) in [5, 5.41) is 15.1. The van der Waals surface area contributed by atoms with Gasteiger partial charge >= 0.3 is 5.69 Å². The Bertz CT molecular complexity index is 655. The zero-order chi connectivity index (χ0) is 14.1. The van der Waals surface area contributed by atoms with Gasteiger partial charge in [-0.25, -0.2) is 4.98 Å². The molecule has 3 N–H and O–H groups in total. The number of nitrogens with zero attached hydrogens (tertiary/aromatic N) is 2. The molecule has 1 unspecified atom stereocenters. The average molecular weight is 272 g/mol. The van der Waals surface area contributed by atoms with E-state index >= 15 is 0 Å². The van der Waals surface area contributed by atoms with E-state index in [1.54, 1.807) is 0 Å². The van der Waals surface area contributed by atoms with Gasteiger partial charge in [0.15, 0.2) is 0 Å². The molecule has 0 amide bonds. The van der Waals surface area contributed by atoms with Crippen molar-refractivity contribution in [2.45, 2.75) is 18.9 Å². The van der Waals surface area contributed by atoms with E-state index in [9.17, 15) is 10.1 Å². The Hall–Kier alpha value is -2.21. The first-order valence-corrected chi connectivity index (χ1v) is 6.68. The summed E-state index contributed by atoms with van der Waals surface area (Å²) in [5.74, 6) is 0.551. The Labute approximate surface area is 116 Å². The summed E-state index contributed by atoms with van der Waals surface area (Å²) in [5.41, 5.74) is 7.29. The number of nitrogens with two attached hydrogens (primary N) is 1. The van der Waals surface area contributed by atoms with Gasteiger partial charge in [0.25, 0.3) is 0 Å². The standard InChI is InChI=1S/C14H16N4O2/c15-11(9-5-6-9)7-17-14-10-3-1-2-4-12(10)16-8-13(14)18(19)20/h1-4,8-9,11H,5-7,15H2,(H,16,17). The van der Waals surface area contributed by atoms with E-state index in [4.69, 9.17) is 5.73 Å². The molecule has 3 rings (SSSR count). The molecule has 20 heavy (non-hydrogen) atoms. The van der Waals surface area contributed by atoms with Gasteiger partial charge in [0, 0.05) is 18.0 Å². The number of anilines is 1. The van der Waals surface area contributed by atoms with Crippen LogP contribution in [0, 0.1) is 16.0 Å². The Morgan fingerprint density at radius 3 is 2.90 bits per heavy atom. The summed E-state index contributed by atoms with van der Waals surface area (Å²) in [6.45, 7) is 0.541. The first-order valence-electron chi connectivity index (χ1n) is 6.68. The summed E-state index contributed by atoms with van der Waals surface area (Å²) >= 11 is 0. The highest BCUT2D eigenvalue weighted by Gasteiger charge is 2.29. The summed E-state index contributed by atoms with van der Waals surface area (Å²) in [6, 6.07) is 7.42. The number of para-hydroxylation sites is 1. The van der Waals surface area contributed by atoms with Crippen LogP contribution in [0.3, 0.4) is 0 Å². The highest BCUT2D eigenvalue weighted by molar-refractivity contribution is 5.95. The summed E-state index contributed by atoms with van der Waals surface area (Å²) in [6.07, 6.45) is 3.61. The fourth-order valence-corrected chi connectivity index (χ4v) is 2.37. The summed E-state index contributed by atoms with van der Waals surface area (Å²) in [7, 11) is 0. The van der Waals surface area contributed by atoms with E-state index in [2.05, 4.69) is 10.3 Å².